The topological polar surface area (TPSA) is 93.8 Å². The van der Waals surface area contributed by atoms with Crippen molar-refractivity contribution < 1.29 is 4.79 Å². The molecule has 0 aliphatic carbocycles. The number of amides is 1. The number of rotatable bonds is 3. The fraction of sp³-hybridized carbons (Fsp3) is 0.231. The van der Waals surface area contributed by atoms with Gasteiger partial charge in [-0.3, -0.25) is 9.78 Å². The molecule has 19 heavy (non-hydrogen) atoms. The number of nitrogens with zero attached hydrogens (tertiary/aromatic N) is 3. The van der Waals surface area contributed by atoms with Crippen LogP contribution in [0.2, 0.25) is 0 Å². The van der Waals surface area contributed by atoms with Gasteiger partial charge < -0.3 is 11.1 Å². The molecule has 2 heterocycles. The highest BCUT2D eigenvalue weighted by Crippen LogP contribution is 2.09. The molecule has 0 atom stereocenters. The quantitative estimate of drug-likeness (QED) is 0.855. The summed E-state index contributed by atoms with van der Waals surface area (Å²) >= 11 is 0. The second kappa shape index (κ2) is 5.43. The molecular formula is C13H15N5O. The van der Waals surface area contributed by atoms with Crippen LogP contribution in [0.3, 0.4) is 0 Å². The maximum absolute atomic E-state index is 12.0. The van der Waals surface area contributed by atoms with Gasteiger partial charge in [0.1, 0.15) is 5.82 Å². The van der Waals surface area contributed by atoms with E-state index in [0.29, 0.717) is 29.3 Å². The van der Waals surface area contributed by atoms with E-state index in [1.54, 1.807) is 32.2 Å². The molecule has 0 fully saturated rings. The molecule has 0 saturated carbocycles. The Kier molecular flexibility index (Phi) is 3.70. The van der Waals surface area contributed by atoms with Crippen LogP contribution in [0.5, 0.6) is 0 Å². The summed E-state index contributed by atoms with van der Waals surface area (Å²) < 4.78 is 0. The van der Waals surface area contributed by atoms with Gasteiger partial charge in [-0.25, -0.2) is 9.97 Å². The monoisotopic (exact) mass is 257 g/mol. The van der Waals surface area contributed by atoms with E-state index in [9.17, 15) is 4.79 Å². The minimum absolute atomic E-state index is 0.214. The van der Waals surface area contributed by atoms with Gasteiger partial charge in [-0.15, -0.1) is 0 Å². The average molecular weight is 257 g/mol. The molecule has 0 radical (unpaired) electrons. The molecule has 1 amide bonds. The fourth-order valence-corrected chi connectivity index (χ4v) is 1.65. The lowest BCUT2D eigenvalue weighted by molar-refractivity contribution is 0.0949. The molecule has 0 saturated heterocycles. The van der Waals surface area contributed by atoms with Gasteiger partial charge in [-0.05, 0) is 26.0 Å². The van der Waals surface area contributed by atoms with E-state index < -0.39 is 0 Å². The van der Waals surface area contributed by atoms with Gasteiger partial charge in [-0.2, -0.15) is 0 Å². The van der Waals surface area contributed by atoms with Crippen molar-refractivity contribution >= 4 is 11.6 Å². The number of carbonyl (C=O) groups excluding carboxylic acids is 1. The standard InChI is InChI=1S/C13H15N5O/c1-8-12(5-10(14)6-16-8)13(19)17-7-11-3-4-15-9(2)18-11/h3-6H,7,14H2,1-2H3,(H,17,19). The van der Waals surface area contributed by atoms with Gasteiger partial charge in [-0.1, -0.05) is 0 Å². The molecule has 0 aromatic carbocycles. The fourth-order valence-electron chi connectivity index (χ4n) is 1.65. The molecule has 0 aliphatic heterocycles. The maximum Gasteiger partial charge on any atom is 0.253 e. The van der Waals surface area contributed by atoms with Crippen LogP contribution in [0.4, 0.5) is 5.69 Å². The third kappa shape index (κ3) is 3.25. The van der Waals surface area contributed by atoms with Gasteiger partial charge in [0, 0.05) is 6.20 Å². The first-order valence-electron chi connectivity index (χ1n) is 5.85. The predicted molar refractivity (Wildman–Crippen MR) is 71.3 cm³/mol. The molecule has 98 valence electrons. The smallest absolute Gasteiger partial charge is 0.253 e. The van der Waals surface area contributed by atoms with Crippen molar-refractivity contribution in [3.63, 3.8) is 0 Å². The number of aromatic nitrogens is 3. The first kappa shape index (κ1) is 12.9. The highest BCUT2D eigenvalue weighted by molar-refractivity contribution is 5.95. The van der Waals surface area contributed by atoms with Crippen molar-refractivity contribution in [1.82, 2.24) is 20.3 Å². The number of nitrogen functional groups attached to an aromatic ring is 1. The van der Waals surface area contributed by atoms with E-state index in [-0.39, 0.29) is 5.91 Å². The van der Waals surface area contributed by atoms with Gasteiger partial charge in [0.2, 0.25) is 0 Å². The second-order valence-corrected chi connectivity index (χ2v) is 4.18. The molecular weight excluding hydrogens is 242 g/mol. The summed E-state index contributed by atoms with van der Waals surface area (Å²) in [6.45, 7) is 3.91. The van der Waals surface area contributed by atoms with Gasteiger partial charge in [0.25, 0.3) is 5.91 Å². The minimum Gasteiger partial charge on any atom is -0.397 e. The van der Waals surface area contributed by atoms with Crippen LogP contribution < -0.4 is 11.1 Å². The number of nitrogens with two attached hydrogens (primary N) is 1. The molecule has 0 spiro atoms. The maximum atomic E-state index is 12.0. The molecule has 2 rings (SSSR count). The molecule has 2 aromatic rings. The Morgan fingerprint density at radius 1 is 1.37 bits per heavy atom. The predicted octanol–water partition coefficient (Wildman–Crippen LogP) is 1.00. The van der Waals surface area contributed by atoms with Crippen molar-refractivity contribution in [2.45, 2.75) is 20.4 Å². The summed E-state index contributed by atoms with van der Waals surface area (Å²) in [5.74, 6) is 0.460. The van der Waals surface area contributed by atoms with Crippen molar-refractivity contribution in [2.24, 2.45) is 0 Å². The van der Waals surface area contributed by atoms with Crippen LogP contribution in [0.25, 0.3) is 0 Å². The zero-order chi connectivity index (χ0) is 13.8. The lowest BCUT2D eigenvalue weighted by atomic mass is 10.2. The van der Waals surface area contributed by atoms with Crippen molar-refractivity contribution in [3.8, 4) is 0 Å². The van der Waals surface area contributed by atoms with Crippen LogP contribution >= 0.6 is 0 Å². The Morgan fingerprint density at radius 3 is 2.89 bits per heavy atom. The Morgan fingerprint density at radius 2 is 2.16 bits per heavy atom. The Hall–Kier alpha value is -2.50. The summed E-state index contributed by atoms with van der Waals surface area (Å²) in [5.41, 5.74) is 7.98. The van der Waals surface area contributed by atoms with E-state index in [4.69, 9.17) is 5.73 Å². The highest BCUT2D eigenvalue weighted by Gasteiger charge is 2.10. The number of anilines is 1. The minimum atomic E-state index is -0.214. The van der Waals surface area contributed by atoms with Gasteiger partial charge in [0.15, 0.2) is 0 Å². The largest absolute Gasteiger partial charge is 0.397 e. The molecule has 0 aliphatic rings. The summed E-state index contributed by atoms with van der Waals surface area (Å²) in [7, 11) is 0. The zero-order valence-corrected chi connectivity index (χ0v) is 10.8. The number of aryl methyl sites for hydroxylation is 2. The van der Waals surface area contributed by atoms with Crippen molar-refractivity contribution in [2.75, 3.05) is 5.73 Å². The number of hydrogen-bond donors (Lipinski definition) is 2. The Bertz CT molecular complexity index is 612. The van der Waals surface area contributed by atoms with E-state index in [0.717, 1.165) is 5.69 Å². The SMILES string of the molecule is Cc1nccc(CNC(=O)c2cc(N)cnc2C)n1. The third-order valence-electron chi connectivity index (χ3n) is 2.62. The second-order valence-electron chi connectivity index (χ2n) is 4.18. The lowest BCUT2D eigenvalue weighted by Crippen LogP contribution is -2.24. The molecule has 6 nitrogen and oxygen atoms in total. The van der Waals surface area contributed by atoms with E-state index in [2.05, 4.69) is 20.3 Å². The van der Waals surface area contributed by atoms with Crippen LogP contribution in [0.15, 0.2) is 24.5 Å². The molecule has 0 unspecified atom stereocenters. The number of hydrogen-bond acceptors (Lipinski definition) is 5. The van der Waals surface area contributed by atoms with Crippen molar-refractivity contribution in [1.29, 1.82) is 0 Å². The van der Waals surface area contributed by atoms with Crippen LogP contribution in [-0.2, 0) is 6.54 Å². The van der Waals surface area contributed by atoms with E-state index in [1.807, 2.05) is 0 Å². The van der Waals surface area contributed by atoms with Crippen LogP contribution in [0, 0.1) is 13.8 Å². The van der Waals surface area contributed by atoms with Crippen LogP contribution in [-0.4, -0.2) is 20.9 Å². The first-order valence-corrected chi connectivity index (χ1v) is 5.85. The van der Waals surface area contributed by atoms with Gasteiger partial charge >= 0.3 is 0 Å². The summed E-state index contributed by atoms with van der Waals surface area (Å²) in [4.78, 5) is 24.3. The van der Waals surface area contributed by atoms with Crippen molar-refractivity contribution in [3.05, 3.63) is 47.3 Å². The van der Waals surface area contributed by atoms with Gasteiger partial charge in [0.05, 0.1) is 35.4 Å². The normalized spacial score (nSPS) is 10.2. The zero-order valence-electron chi connectivity index (χ0n) is 10.8. The number of pyridine rings is 1. The third-order valence-corrected chi connectivity index (χ3v) is 2.62. The molecule has 6 heteroatoms. The Balaban J connectivity index is 2.07. The molecule has 2 aromatic heterocycles. The number of carbonyl (C=O) groups is 1. The summed E-state index contributed by atoms with van der Waals surface area (Å²) in [6, 6.07) is 3.38. The van der Waals surface area contributed by atoms with Crippen LogP contribution in [0.1, 0.15) is 27.6 Å². The van der Waals surface area contributed by atoms with E-state index >= 15 is 0 Å². The van der Waals surface area contributed by atoms with E-state index in [1.165, 1.54) is 6.20 Å². The highest BCUT2D eigenvalue weighted by atomic mass is 16.1. The summed E-state index contributed by atoms with van der Waals surface area (Å²) in [5, 5.41) is 2.79. The first-order chi connectivity index (χ1) is 9.06. The Labute approximate surface area is 111 Å². The molecule has 3 N–H and O–H groups in total. The molecule has 0 bridgehead atoms. The number of nitrogens with one attached hydrogen (secondary N) is 1. The summed E-state index contributed by atoms with van der Waals surface area (Å²) in [6.07, 6.45) is 3.19. The lowest BCUT2D eigenvalue weighted by Gasteiger charge is -2.07. The average Bonchev–Trinajstić information content (AvgIpc) is 2.39.